The fourth-order valence-electron chi connectivity index (χ4n) is 3.69. The molecule has 1 aromatic carbocycles. The van der Waals surface area contributed by atoms with Gasteiger partial charge in [0.15, 0.2) is 0 Å². The van der Waals surface area contributed by atoms with Gasteiger partial charge < -0.3 is 15.5 Å². The SMILES string of the molecule is CCN(CC)S(=O)(=O)c1ccc(CNC(=O)NCCN2CCN(c3ncccn3)CC2)cc1. The first-order valence-electron chi connectivity index (χ1n) is 11.3. The second kappa shape index (κ2) is 11.9. The van der Waals surface area contributed by atoms with Gasteiger partial charge in [-0.05, 0) is 23.8 Å². The fraction of sp³-hybridized carbons (Fsp3) is 0.500. The fourth-order valence-corrected chi connectivity index (χ4v) is 5.15. The zero-order valence-electron chi connectivity index (χ0n) is 19.3. The Kier molecular flexibility index (Phi) is 8.98. The summed E-state index contributed by atoms with van der Waals surface area (Å²) in [5.41, 5.74) is 0.836. The summed E-state index contributed by atoms with van der Waals surface area (Å²) in [4.78, 5) is 25.4. The Bertz CT molecular complexity index is 975. The van der Waals surface area contributed by atoms with Gasteiger partial charge >= 0.3 is 6.03 Å². The molecule has 1 aliphatic heterocycles. The minimum atomic E-state index is -3.47. The number of aromatic nitrogens is 2. The van der Waals surface area contributed by atoms with Crippen LogP contribution < -0.4 is 15.5 Å². The number of sulfonamides is 1. The van der Waals surface area contributed by atoms with Crippen LogP contribution in [-0.4, -0.2) is 86.0 Å². The summed E-state index contributed by atoms with van der Waals surface area (Å²) in [6.45, 7) is 9.64. The van der Waals surface area contributed by atoms with Gasteiger partial charge in [0.2, 0.25) is 16.0 Å². The maximum absolute atomic E-state index is 12.5. The molecule has 2 N–H and O–H groups in total. The normalized spacial score (nSPS) is 14.9. The number of nitrogens with one attached hydrogen (secondary N) is 2. The molecule has 1 fully saturated rings. The Morgan fingerprint density at radius 3 is 2.24 bits per heavy atom. The number of piperazine rings is 1. The van der Waals surface area contributed by atoms with Crippen LogP contribution in [0.3, 0.4) is 0 Å². The zero-order valence-corrected chi connectivity index (χ0v) is 20.1. The average Bonchev–Trinajstić information content (AvgIpc) is 2.84. The van der Waals surface area contributed by atoms with Gasteiger partial charge in [-0.15, -0.1) is 0 Å². The van der Waals surface area contributed by atoms with Crippen LogP contribution in [-0.2, 0) is 16.6 Å². The standard InChI is InChI=1S/C22H33N7O3S/c1-3-29(4-2)33(31,32)20-8-6-19(7-9-20)18-26-22(30)25-12-13-27-14-16-28(17-15-27)21-23-10-5-11-24-21/h5-11H,3-4,12-18H2,1-2H3,(H2,25,26,30). The molecule has 1 aliphatic rings. The van der Waals surface area contributed by atoms with Crippen LogP contribution in [0.4, 0.5) is 10.7 Å². The lowest BCUT2D eigenvalue weighted by molar-refractivity contribution is 0.231. The lowest BCUT2D eigenvalue weighted by Crippen LogP contribution is -2.49. The molecule has 180 valence electrons. The molecule has 0 atom stereocenters. The molecule has 0 aliphatic carbocycles. The predicted octanol–water partition coefficient (Wildman–Crippen LogP) is 1.13. The van der Waals surface area contributed by atoms with E-state index in [1.807, 2.05) is 19.9 Å². The van der Waals surface area contributed by atoms with Crippen molar-refractivity contribution in [3.05, 3.63) is 48.3 Å². The molecule has 1 saturated heterocycles. The number of urea groups is 1. The van der Waals surface area contributed by atoms with E-state index in [9.17, 15) is 13.2 Å². The molecule has 0 radical (unpaired) electrons. The molecule has 0 spiro atoms. The van der Waals surface area contributed by atoms with Crippen molar-refractivity contribution in [3.63, 3.8) is 0 Å². The van der Waals surface area contributed by atoms with Crippen molar-refractivity contribution in [2.45, 2.75) is 25.3 Å². The molecule has 1 aromatic heterocycles. The van der Waals surface area contributed by atoms with Gasteiger partial charge in [-0.1, -0.05) is 26.0 Å². The first-order chi connectivity index (χ1) is 15.9. The molecule has 2 amide bonds. The summed E-state index contributed by atoms with van der Waals surface area (Å²) in [5, 5.41) is 5.69. The Hall–Kier alpha value is -2.76. The molecule has 2 heterocycles. The van der Waals surface area contributed by atoms with Crippen LogP contribution in [0, 0.1) is 0 Å². The van der Waals surface area contributed by atoms with E-state index in [1.54, 1.807) is 36.7 Å². The third-order valence-corrected chi connectivity index (χ3v) is 7.70. The molecule has 11 heteroatoms. The van der Waals surface area contributed by atoms with E-state index in [0.29, 0.717) is 26.2 Å². The molecule has 10 nitrogen and oxygen atoms in total. The van der Waals surface area contributed by atoms with Crippen molar-refractivity contribution < 1.29 is 13.2 Å². The maximum Gasteiger partial charge on any atom is 0.315 e. The van der Waals surface area contributed by atoms with Crippen LogP contribution in [0.15, 0.2) is 47.6 Å². The van der Waals surface area contributed by atoms with Crippen LogP contribution in [0.2, 0.25) is 0 Å². The number of hydrogen-bond donors (Lipinski definition) is 2. The predicted molar refractivity (Wildman–Crippen MR) is 127 cm³/mol. The molecule has 2 aromatic rings. The Morgan fingerprint density at radius 1 is 1.00 bits per heavy atom. The van der Waals surface area contributed by atoms with E-state index in [-0.39, 0.29) is 10.9 Å². The summed E-state index contributed by atoms with van der Waals surface area (Å²) < 4.78 is 26.5. The van der Waals surface area contributed by atoms with E-state index in [1.165, 1.54) is 4.31 Å². The van der Waals surface area contributed by atoms with Crippen molar-refractivity contribution in [2.24, 2.45) is 0 Å². The van der Waals surface area contributed by atoms with E-state index in [2.05, 4.69) is 30.4 Å². The van der Waals surface area contributed by atoms with E-state index in [0.717, 1.165) is 44.2 Å². The van der Waals surface area contributed by atoms with Crippen molar-refractivity contribution in [3.8, 4) is 0 Å². The van der Waals surface area contributed by atoms with Crippen molar-refractivity contribution in [1.82, 2.24) is 29.8 Å². The summed E-state index contributed by atoms with van der Waals surface area (Å²) in [6, 6.07) is 8.19. The van der Waals surface area contributed by atoms with Crippen LogP contribution >= 0.6 is 0 Å². The zero-order chi connectivity index (χ0) is 23.7. The molecular weight excluding hydrogens is 442 g/mol. The summed E-state index contributed by atoms with van der Waals surface area (Å²) in [5.74, 6) is 0.758. The van der Waals surface area contributed by atoms with E-state index < -0.39 is 10.0 Å². The van der Waals surface area contributed by atoms with Gasteiger partial charge in [-0.25, -0.2) is 23.2 Å². The number of amides is 2. The number of benzene rings is 1. The van der Waals surface area contributed by atoms with Gasteiger partial charge in [0.1, 0.15) is 0 Å². The highest BCUT2D eigenvalue weighted by Crippen LogP contribution is 2.16. The van der Waals surface area contributed by atoms with Crippen molar-refractivity contribution in [1.29, 1.82) is 0 Å². The Labute approximate surface area is 196 Å². The largest absolute Gasteiger partial charge is 0.338 e. The summed E-state index contributed by atoms with van der Waals surface area (Å²) >= 11 is 0. The number of anilines is 1. The van der Waals surface area contributed by atoms with Gasteiger partial charge in [0.25, 0.3) is 0 Å². The van der Waals surface area contributed by atoms with Crippen molar-refractivity contribution >= 4 is 22.0 Å². The number of nitrogens with zero attached hydrogens (tertiary/aromatic N) is 5. The smallest absolute Gasteiger partial charge is 0.315 e. The van der Waals surface area contributed by atoms with Gasteiger partial charge in [0.05, 0.1) is 4.90 Å². The highest BCUT2D eigenvalue weighted by molar-refractivity contribution is 7.89. The first kappa shape index (κ1) is 24.9. The highest BCUT2D eigenvalue weighted by Gasteiger charge is 2.21. The van der Waals surface area contributed by atoms with Crippen LogP contribution in [0.5, 0.6) is 0 Å². The third-order valence-electron chi connectivity index (χ3n) is 5.64. The second-order valence-corrected chi connectivity index (χ2v) is 9.66. The van der Waals surface area contributed by atoms with Crippen LogP contribution in [0.25, 0.3) is 0 Å². The van der Waals surface area contributed by atoms with Gasteiger partial charge in [-0.2, -0.15) is 4.31 Å². The molecular formula is C22H33N7O3S. The summed E-state index contributed by atoms with van der Waals surface area (Å²) in [7, 11) is -3.47. The Morgan fingerprint density at radius 2 is 1.64 bits per heavy atom. The third kappa shape index (κ3) is 6.86. The monoisotopic (exact) mass is 475 g/mol. The number of carbonyl (C=O) groups excluding carboxylic acids is 1. The summed E-state index contributed by atoms with van der Waals surface area (Å²) in [6.07, 6.45) is 3.50. The molecule has 33 heavy (non-hydrogen) atoms. The minimum absolute atomic E-state index is 0.244. The van der Waals surface area contributed by atoms with Crippen molar-refractivity contribution in [2.75, 3.05) is 57.3 Å². The van der Waals surface area contributed by atoms with E-state index in [4.69, 9.17) is 0 Å². The Balaban J connectivity index is 1.35. The number of carbonyl (C=O) groups is 1. The van der Waals surface area contributed by atoms with Crippen LogP contribution in [0.1, 0.15) is 19.4 Å². The quantitative estimate of drug-likeness (QED) is 0.530. The minimum Gasteiger partial charge on any atom is -0.338 e. The molecule has 3 rings (SSSR count). The molecule has 0 unspecified atom stereocenters. The van der Waals surface area contributed by atoms with E-state index >= 15 is 0 Å². The second-order valence-electron chi connectivity index (χ2n) is 7.72. The molecule has 0 bridgehead atoms. The highest BCUT2D eigenvalue weighted by atomic mass is 32.2. The van der Waals surface area contributed by atoms with Gasteiger partial charge in [-0.3, -0.25) is 4.90 Å². The lowest BCUT2D eigenvalue weighted by atomic mass is 10.2. The number of hydrogen-bond acceptors (Lipinski definition) is 7. The first-order valence-corrected chi connectivity index (χ1v) is 12.7. The topological polar surface area (TPSA) is 111 Å². The van der Waals surface area contributed by atoms with Gasteiger partial charge in [0, 0.05) is 71.3 Å². The molecule has 0 saturated carbocycles. The maximum atomic E-state index is 12.5. The number of rotatable bonds is 10. The lowest BCUT2D eigenvalue weighted by Gasteiger charge is -2.34. The average molecular weight is 476 g/mol.